The van der Waals surface area contributed by atoms with E-state index in [1.54, 1.807) is 0 Å². The van der Waals surface area contributed by atoms with E-state index >= 15 is 0 Å². The Morgan fingerprint density at radius 1 is 1.10 bits per heavy atom. The van der Waals surface area contributed by atoms with E-state index < -0.39 is 0 Å². The van der Waals surface area contributed by atoms with Gasteiger partial charge in [0.2, 0.25) is 5.01 Å². The molecule has 0 bridgehead atoms. The normalized spacial score (nSPS) is 18.1. The average molecular weight is 409 g/mol. The number of aromatic nitrogens is 2. The number of carbonyl (C=O) groups excluding carboxylic acids is 1. The molecule has 1 aromatic heterocycles. The summed E-state index contributed by atoms with van der Waals surface area (Å²) in [5.74, 6) is -0.653. The SMILES string of the molecule is O=C(Nc1ccc(F)cc1)c1nnc(CN(C2CC2)[C@@H]2CCc3ccccc32)s1. The fourth-order valence-electron chi connectivity index (χ4n) is 4.06. The summed E-state index contributed by atoms with van der Waals surface area (Å²) in [6, 6.07) is 15.4. The molecule has 2 aromatic carbocycles. The molecule has 1 N–H and O–H groups in total. The molecular weight excluding hydrogens is 387 g/mol. The average Bonchev–Trinajstić information content (AvgIpc) is 3.31. The van der Waals surface area contributed by atoms with Crippen molar-refractivity contribution in [1.29, 1.82) is 0 Å². The van der Waals surface area contributed by atoms with E-state index in [-0.39, 0.29) is 11.7 Å². The molecule has 0 aliphatic heterocycles. The zero-order chi connectivity index (χ0) is 19.8. The molecule has 2 aliphatic rings. The first-order chi connectivity index (χ1) is 14.2. The second kappa shape index (κ2) is 7.65. The maximum absolute atomic E-state index is 13.0. The quantitative estimate of drug-likeness (QED) is 0.649. The van der Waals surface area contributed by atoms with Crippen molar-refractivity contribution < 1.29 is 9.18 Å². The van der Waals surface area contributed by atoms with Gasteiger partial charge in [0.1, 0.15) is 10.8 Å². The van der Waals surface area contributed by atoms with Crippen molar-refractivity contribution in [2.45, 2.75) is 44.3 Å². The van der Waals surface area contributed by atoms with E-state index in [0.29, 0.717) is 29.3 Å². The highest BCUT2D eigenvalue weighted by Gasteiger charge is 2.38. The number of carbonyl (C=O) groups is 1. The number of benzene rings is 2. The molecule has 0 radical (unpaired) electrons. The Kier molecular flexibility index (Phi) is 4.85. The van der Waals surface area contributed by atoms with Crippen LogP contribution in [0, 0.1) is 5.82 Å². The van der Waals surface area contributed by atoms with Crippen LogP contribution in [0.4, 0.5) is 10.1 Å². The first-order valence-electron chi connectivity index (χ1n) is 9.90. The van der Waals surface area contributed by atoms with E-state index in [2.05, 4.69) is 44.7 Å². The summed E-state index contributed by atoms with van der Waals surface area (Å²) < 4.78 is 13.0. The van der Waals surface area contributed by atoms with Crippen LogP contribution in [0.25, 0.3) is 0 Å². The molecule has 2 aliphatic carbocycles. The summed E-state index contributed by atoms with van der Waals surface area (Å²) in [6.07, 6.45) is 4.68. The van der Waals surface area contributed by atoms with E-state index in [1.807, 2.05) is 0 Å². The maximum atomic E-state index is 13.0. The molecule has 7 heteroatoms. The standard InChI is InChI=1S/C22H21FN4OS/c23-15-6-8-16(9-7-15)24-21(28)22-26-25-20(29-22)13-27(17-10-11-17)19-12-5-14-3-1-2-4-18(14)19/h1-4,6-9,17,19H,5,10-13H2,(H,24,28)/t19-/m1/s1. The predicted molar refractivity (Wildman–Crippen MR) is 110 cm³/mol. The molecule has 5 nitrogen and oxygen atoms in total. The van der Waals surface area contributed by atoms with Gasteiger partial charge in [0.05, 0.1) is 6.54 Å². The number of nitrogens with one attached hydrogen (secondary N) is 1. The minimum absolute atomic E-state index is 0.315. The van der Waals surface area contributed by atoms with Crippen molar-refractivity contribution in [3.05, 3.63) is 75.5 Å². The number of aryl methyl sites for hydroxylation is 1. The predicted octanol–water partition coefficient (Wildman–Crippen LogP) is 4.58. The summed E-state index contributed by atoms with van der Waals surface area (Å²) >= 11 is 1.33. The number of hydrogen-bond donors (Lipinski definition) is 1. The summed E-state index contributed by atoms with van der Waals surface area (Å²) in [5, 5.41) is 12.3. The van der Waals surface area contributed by atoms with Crippen LogP contribution in [0.1, 0.15) is 51.2 Å². The lowest BCUT2D eigenvalue weighted by molar-refractivity contribution is 0.102. The van der Waals surface area contributed by atoms with Gasteiger partial charge in [-0.05, 0) is 61.1 Å². The Balaban J connectivity index is 1.30. The number of fused-ring (bicyclic) bond motifs is 1. The first-order valence-corrected chi connectivity index (χ1v) is 10.7. The minimum Gasteiger partial charge on any atom is -0.320 e. The summed E-state index contributed by atoms with van der Waals surface area (Å²) in [6.45, 7) is 0.713. The largest absolute Gasteiger partial charge is 0.320 e. The van der Waals surface area contributed by atoms with Gasteiger partial charge < -0.3 is 5.32 Å². The molecule has 3 aromatic rings. The fraction of sp³-hybridized carbons (Fsp3) is 0.318. The monoisotopic (exact) mass is 408 g/mol. The second-order valence-electron chi connectivity index (χ2n) is 7.62. The van der Waals surface area contributed by atoms with Gasteiger partial charge >= 0.3 is 0 Å². The third-order valence-corrected chi connectivity index (χ3v) is 6.51. The van der Waals surface area contributed by atoms with Gasteiger partial charge in [-0.3, -0.25) is 9.69 Å². The minimum atomic E-state index is -0.338. The highest BCUT2D eigenvalue weighted by Crippen LogP contribution is 2.42. The zero-order valence-corrected chi connectivity index (χ0v) is 16.7. The number of anilines is 1. The number of amides is 1. The summed E-state index contributed by atoms with van der Waals surface area (Å²) in [4.78, 5) is 15.0. The van der Waals surface area contributed by atoms with Crippen LogP contribution >= 0.6 is 11.3 Å². The highest BCUT2D eigenvalue weighted by molar-refractivity contribution is 7.13. The van der Waals surface area contributed by atoms with Crippen LogP contribution in [-0.2, 0) is 13.0 Å². The van der Waals surface area contributed by atoms with Crippen molar-refractivity contribution in [2.75, 3.05) is 5.32 Å². The van der Waals surface area contributed by atoms with Crippen molar-refractivity contribution in [2.24, 2.45) is 0 Å². The number of rotatable bonds is 6. The van der Waals surface area contributed by atoms with E-state index in [0.717, 1.165) is 17.8 Å². The van der Waals surface area contributed by atoms with Crippen LogP contribution in [0.15, 0.2) is 48.5 Å². The molecule has 0 spiro atoms. The Morgan fingerprint density at radius 2 is 1.90 bits per heavy atom. The number of nitrogens with zero attached hydrogens (tertiary/aromatic N) is 3. The van der Waals surface area contributed by atoms with E-state index in [4.69, 9.17) is 0 Å². The third-order valence-electron chi connectivity index (χ3n) is 5.60. The molecule has 1 heterocycles. The second-order valence-corrected chi connectivity index (χ2v) is 8.68. The number of halogens is 1. The van der Waals surface area contributed by atoms with Crippen LogP contribution in [0.2, 0.25) is 0 Å². The molecule has 1 amide bonds. The molecular formula is C22H21FN4OS. The van der Waals surface area contributed by atoms with Gasteiger partial charge in [0, 0.05) is 17.8 Å². The Morgan fingerprint density at radius 3 is 2.69 bits per heavy atom. The molecule has 1 fully saturated rings. The van der Waals surface area contributed by atoms with Gasteiger partial charge in [-0.15, -0.1) is 10.2 Å². The van der Waals surface area contributed by atoms with Crippen LogP contribution in [0.5, 0.6) is 0 Å². The Bertz CT molecular complexity index is 1030. The van der Waals surface area contributed by atoms with Gasteiger partial charge in [-0.25, -0.2) is 4.39 Å². The van der Waals surface area contributed by atoms with Crippen LogP contribution in [0.3, 0.4) is 0 Å². The van der Waals surface area contributed by atoms with Crippen LogP contribution < -0.4 is 5.32 Å². The lowest BCUT2D eigenvalue weighted by Gasteiger charge is -2.28. The lowest BCUT2D eigenvalue weighted by Crippen LogP contribution is -2.29. The maximum Gasteiger partial charge on any atom is 0.286 e. The number of hydrogen-bond acceptors (Lipinski definition) is 5. The molecule has 1 atom stereocenters. The molecule has 29 heavy (non-hydrogen) atoms. The van der Waals surface area contributed by atoms with E-state index in [1.165, 1.54) is 59.6 Å². The summed E-state index contributed by atoms with van der Waals surface area (Å²) in [5.41, 5.74) is 3.41. The molecule has 1 saturated carbocycles. The van der Waals surface area contributed by atoms with Crippen molar-refractivity contribution >= 4 is 22.9 Å². The van der Waals surface area contributed by atoms with Gasteiger partial charge in [-0.2, -0.15) is 0 Å². The van der Waals surface area contributed by atoms with Crippen molar-refractivity contribution in [3.8, 4) is 0 Å². The first kappa shape index (κ1) is 18.4. The molecule has 5 rings (SSSR count). The van der Waals surface area contributed by atoms with Gasteiger partial charge in [0.15, 0.2) is 0 Å². The van der Waals surface area contributed by atoms with Gasteiger partial charge in [0.25, 0.3) is 5.91 Å². The van der Waals surface area contributed by atoms with Crippen molar-refractivity contribution in [1.82, 2.24) is 15.1 Å². The smallest absolute Gasteiger partial charge is 0.286 e. The fourth-order valence-corrected chi connectivity index (χ4v) is 4.81. The zero-order valence-electron chi connectivity index (χ0n) is 15.8. The topological polar surface area (TPSA) is 58.1 Å². The summed E-state index contributed by atoms with van der Waals surface area (Å²) in [7, 11) is 0. The Hall–Kier alpha value is -2.64. The van der Waals surface area contributed by atoms with Crippen LogP contribution in [-0.4, -0.2) is 27.0 Å². The third kappa shape index (κ3) is 3.93. The molecule has 0 unspecified atom stereocenters. The van der Waals surface area contributed by atoms with Gasteiger partial charge in [-0.1, -0.05) is 35.6 Å². The Labute approximate surface area is 172 Å². The molecule has 0 saturated heterocycles. The molecule has 148 valence electrons. The van der Waals surface area contributed by atoms with Crippen molar-refractivity contribution in [3.63, 3.8) is 0 Å². The van der Waals surface area contributed by atoms with E-state index in [9.17, 15) is 9.18 Å². The lowest BCUT2D eigenvalue weighted by atomic mass is 10.1. The highest BCUT2D eigenvalue weighted by atomic mass is 32.1.